The number of benzene rings is 2. The third kappa shape index (κ3) is 5.74. The molecule has 0 saturated carbocycles. The summed E-state index contributed by atoms with van der Waals surface area (Å²) in [6, 6.07) is 17.8. The van der Waals surface area contributed by atoms with Gasteiger partial charge in [-0.2, -0.15) is 0 Å². The van der Waals surface area contributed by atoms with Gasteiger partial charge in [0.2, 0.25) is 0 Å². The fourth-order valence-corrected chi connectivity index (χ4v) is 3.43. The van der Waals surface area contributed by atoms with E-state index in [-0.39, 0.29) is 6.03 Å². The lowest BCUT2D eigenvalue weighted by atomic mass is 10.2. The molecule has 0 aliphatic carbocycles. The van der Waals surface area contributed by atoms with Crippen LogP contribution in [0, 0.1) is 6.92 Å². The molecule has 2 aromatic carbocycles. The summed E-state index contributed by atoms with van der Waals surface area (Å²) < 4.78 is 11.0. The van der Waals surface area contributed by atoms with Crippen LogP contribution >= 0.6 is 0 Å². The number of urea groups is 1. The van der Waals surface area contributed by atoms with Crippen molar-refractivity contribution in [2.45, 2.75) is 6.92 Å². The Kier molecular flexibility index (Phi) is 6.25. The van der Waals surface area contributed by atoms with Gasteiger partial charge in [-0.15, -0.1) is 0 Å². The van der Waals surface area contributed by atoms with Crippen LogP contribution in [0.5, 0.6) is 11.5 Å². The van der Waals surface area contributed by atoms with Crippen LogP contribution in [-0.2, 0) is 0 Å². The maximum atomic E-state index is 12.4. The van der Waals surface area contributed by atoms with Gasteiger partial charge in [-0.3, -0.25) is 0 Å². The van der Waals surface area contributed by atoms with Gasteiger partial charge in [-0.1, -0.05) is 0 Å². The molecule has 2 aromatic heterocycles. The SMILES string of the molecule is Cc1ccnc(Nc2cc(Nc3ccc(NC(=O)Nc4ccc5c(c4)OCCO5)cc3)ncn2)c1. The second-order valence-corrected chi connectivity index (χ2v) is 7.77. The Balaban J connectivity index is 1.17. The molecule has 1 aliphatic rings. The van der Waals surface area contributed by atoms with E-state index in [1.54, 1.807) is 42.6 Å². The molecule has 0 spiro atoms. The van der Waals surface area contributed by atoms with Crippen LogP contribution in [0.1, 0.15) is 5.56 Å². The highest BCUT2D eigenvalue weighted by Crippen LogP contribution is 2.32. The highest BCUT2D eigenvalue weighted by Gasteiger charge is 2.13. The monoisotopic (exact) mass is 469 g/mol. The van der Waals surface area contributed by atoms with Crippen LogP contribution in [0.4, 0.5) is 39.3 Å². The first-order chi connectivity index (χ1) is 17.1. The number of fused-ring (bicyclic) bond motifs is 1. The van der Waals surface area contributed by atoms with E-state index in [0.29, 0.717) is 53.5 Å². The standard InChI is InChI=1S/C25H23N7O3/c1-16-8-9-26-22(12-16)32-24-14-23(27-15-28-24)29-17-2-4-18(5-3-17)30-25(33)31-19-6-7-20-21(13-19)35-11-10-34-20/h2-9,12-15H,10-11H2,1H3,(H2,30,31,33)(H2,26,27,28,29,32). The first kappa shape index (κ1) is 22.0. The van der Waals surface area contributed by atoms with E-state index in [1.165, 1.54) is 6.33 Å². The van der Waals surface area contributed by atoms with Gasteiger partial charge in [0, 0.05) is 35.4 Å². The maximum Gasteiger partial charge on any atom is 0.323 e. The van der Waals surface area contributed by atoms with Crippen molar-refractivity contribution in [2.75, 3.05) is 34.5 Å². The summed E-state index contributed by atoms with van der Waals surface area (Å²) in [5.74, 6) is 3.23. The number of anilines is 6. The van der Waals surface area contributed by atoms with Crippen molar-refractivity contribution < 1.29 is 14.3 Å². The predicted molar refractivity (Wildman–Crippen MR) is 134 cm³/mol. The average Bonchev–Trinajstić information content (AvgIpc) is 2.85. The van der Waals surface area contributed by atoms with E-state index >= 15 is 0 Å². The summed E-state index contributed by atoms with van der Waals surface area (Å²) in [5.41, 5.74) is 3.16. The predicted octanol–water partition coefficient (Wildman–Crippen LogP) is 5.08. The molecule has 0 radical (unpaired) electrons. The van der Waals surface area contributed by atoms with Gasteiger partial charge < -0.3 is 30.7 Å². The molecule has 176 valence electrons. The zero-order valence-corrected chi connectivity index (χ0v) is 18.9. The fourth-order valence-electron chi connectivity index (χ4n) is 3.43. The third-order valence-electron chi connectivity index (χ3n) is 5.05. The van der Waals surface area contributed by atoms with Gasteiger partial charge in [0.15, 0.2) is 11.5 Å². The van der Waals surface area contributed by atoms with Gasteiger partial charge in [0.1, 0.15) is 37.0 Å². The van der Waals surface area contributed by atoms with Crippen LogP contribution < -0.4 is 30.7 Å². The number of pyridine rings is 1. The third-order valence-corrected chi connectivity index (χ3v) is 5.05. The van der Waals surface area contributed by atoms with Crippen LogP contribution in [0.3, 0.4) is 0 Å². The highest BCUT2D eigenvalue weighted by molar-refractivity contribution is 6.00. The number of aryl methyl sites for hydroxylation is 1. The molecule has 1 aliphatic heterocycles. The molecule has 0 unspecified atom stereocenters. The van der Waals surface area contributed by atoms with Crippen molar-refractivity contribution >= 4 is 40.5 Å². The summed E-state index contributed by atoms with van der Waals surface area (Å²) in [5, 5.41) is 12.0. The van der Waals surface area contributed by atoms with E-state index in [0.717, 1.165) is 11.3 Å². The minimum Gasteiger partial charge on any atom is -0.486 e. The quantitative estimate of drug-likeness (QED) is 0.308. The number of nitrogens with zero attached hydrogens (tertiary/aromatic N) is 3. The Bertz CT molecular complexity index is 1350. The summed E-state index contributed by atoms with van der Waals surface area (Å²) in [6.07, 6.45) is 3.21. The molecule has 0 atom stereocenters. The Hall–Kier alpha value is -4.86. The zero-order valence-electron chi connectivity index (χ0n) is 18.9. The topological polar surface area (TPSA) is 122 Å². The Morgan fingerprint density at radius 1 is 0.714 bits per heavy atom. The maximum absolute atomic E-state index is 12.4. The Morgan fingerprint density at radius 2 is 1.37 bits per heavy atom. The molecule has 10 heteroatoms. The molecular formula is C25H23N7O3. The van der Waals surface area contributed by atoms with Crippen molar-refractivity contribution in [2.24, 2.45) is 0 Å². The molecular weight excluding hydrogens is 446 g/mol. The van der Waals surface area contributed by atoms with Crippen LogP contribution in [0.25, 0.3) is 0 Å². The highest BCUT2D eigenvalue weighted by atomic mass is 16.6. The van der Waals surface area contributed by atoms with E-state index in [1.807, 2.05) is 31.2 Å². The number of rotatable bonds is 6. The molecule has 0 fully saturated rings. The number of amides is 2. The Labute approximate surface area is 201 Å². The Morgan fingerprint density at radius 3 is 2.17 bits per heavy atom. The van der Waals surface area contributed by atoms with Gasteiger partial charge in [0.05, 0.1) is 0 Å². The van der Waals surface area contributed by atoms with Crippen LogP contribution in [-0.4, -0.2) is 34.2 Å². The minimum atomic E-state index is -0.362. The van der Waals surface area contributed by atoms with Crippen LogP contribution in [0.2, 0.25) is 0 Å². The molecule has 10 nitrogen and oxygen atoms in total. The molecule has 0 bridgehead atoms. The number of nitrogens with one attached hydrogen (secondary N) is 4. The van der Waals surface area contributed by atoms with E-state index in [9.17, 15) is 4.79 Å². The second kappa shape index (κ2) is 9.96. The molecule has 4 aromatic rings. The van der Waals surface area contributed by atoms with E-state index in [2.05, 4.69) is 36.2 Å². The van der Waals surface area contributed by atoms with Gasteiger partial charge in [0.25, 0.3) is 0 Å². The first-order valence-corrected chi connectivity index (χ1v) is 11.0. The minimum absolute atomic E-state index is 0.362. The van der Waals surface area contributed by atoms with Crippen molar-refractivity contribution in [3.05, 3.63) is 78.8 Å². The van der Waals surface area contributed by atoms with Gasteiger partial charge in [-0.05, 0) is 61.0 Å². The lowest BCUT2D eigenvalue weighted by molar-refractivity contribution is 0.171. The summed E-state index contributed by atoms with van der Waals surface area (Å²) in [6.45, 7) is 3.01. The largest absolute Gasteiger partial charge is 0.486 e. The molecule has 35 heavy (non-hydrogen) atoms. The number of ether oxygens (including phenoxy) is 2. The first-order valence-electron chi connectivity index (χ1n) is 11.0. The summed E-state index contributed by atoms with van der Waals surface area (Å²) in [4.78, 5) is 25.2. The van der Waals surface area contributed by atoms with Crippen molar-refractivity contribution in [3.8, 4) is 11.5 Å². The lowest BCUT2D eigenvalue weighted by Gasteiger charge is -2.19. The number of carbonyl (C=O) groups is 1. The number of hydrogen-bond acceptors (Lipinski definition) is 8. The zero-order chi connectivity index (χ0) is 24.0. The van der Waals surface area contributed by atoms with Crippen molar-refractivity contribution in [1.29, 1.82) is 0 Å². The molecule has 5 rings (SSSR count). The van der Waals surface area contributed by atoms with Crippen molar-refractivity contribution in [3.63, 3.8) is 0 Å². The molecule has 0 saturated heterocycles. The lowest BCUT2D eigenvalue weighted by Crippen LogP contribution is -2.20. The average molecular weight is 470 g/mol. The molecule has 4 N–H and O–H groups in total. The second-order valence-electron chi connectivity index (χ2n) is 7.77. The smallest absolute Gasteiger partial charge is 0.323 e. The van der Waals surface area contributed by atoms with E-state index < -0.39 is 0 Å². The van der Waals surface area contributed by atoms with E-state index in [4.69, 9.17) is 9.47 Å². The molecule has 2 amide bonds. The number of aromatic nitrogens is 3. The van der Waals surface area contributed by atoms with Gasteiger partial charge >= 0.3 is 6.03 Å². The molecule has 3 heterocycles. The van der Waals surface area contributed by atoms with Crippen molar-refractivity contribution in [1.82, 2.24) is 15.0 Å². The van der Waals surface area contributed by atoms with Crippen LogP contribution in [0.15, 0.2) is 73.2 Å². The fraction of sp³-hybridized carbons (Fsp3) is 0.120. The number of carbonyl (C=O) groups excluding carboxylic acids is 1. The normalized spacial score (nSPS) is 11.9. The van der Waals surface area contributed by atoms with Gasteiger partial charge in [-0.25, -0.2) is 19.7 Å². The number of hydrogen-bond donors (Lipinski definition) is 4. The summed E-state index contributed by atoms with van der Waals surface area (Å²) >= 11 is 0. The summed E-state index contributed by atoms with van der Waals surface area (Å²) in [7, 11) is 0.